The van der Waals surface area contributed by atoms with Crippen molar-refractivity contribution in [3.05, 3.63) is 76.8 Å². The van der Waals surface area contributed by atoms with Gasteiger partial charge in [0.25, 0.3) is 0 Å². The number of phenolic OH excluding ortho intramolecular Hbond substituents is 1. The van der Waals surface area contributed by atoms with Gasteiger partial charge in [-0.3, -0.25) is 0 Å². The largest absolute Gasteiger partial charge is 0.507 e. The fourth-order valence-electron chi connectivity index (χ4n) is 4.50. The average molecular weight is 629 g/mol. The minimum Gasteiger partial charge on any atom is -0.507 e. The smallest absolute Gasteiger partial charge is 0.404 e. The SMILES string of the molecule is C[C@@H]1C/C=C\C(=O)O[C@H](/C=C/C#C/C=C/C(C)(C)[C@@H](O)c2cccc(O)c2Br)[C@@H](C)/C=C/[C@H](C)C[C@H](OC(N)=O)C1. The van der Waals surface area contributed by atoms with Gasteiger partial charge in [-0.2, -0.15) is 0 Å². The highest BCUT2D eigenvalue weighted by atomic mass is 79.9. The number of hydrogen-bond donors (Lipinski definition) is 3. The van der Waals surface area contributed by atoms with Gasteiger partial charge in [0.15, 0.2) is 0 Å². The number of aromatic hydroxyl groups is 1. The van der Waals surface area contributed by atoms with Crippen molar-refractivity contribution >= 4 is 28.0 Å². The number of aliphatic hydroxyl groups excluding tert-OH is 1. The van der Waals surface area contributed by atoms with E-state index in [2.05, 4.69) is 27.8 Å². The van der Waals surface area contributed by atoms with Crippen LogP contribution in [0.3, 0.4) is 0 Å². The first-order chi connectivity index (χ1) is 19.3. The predicted molar refractivity (Wildman–Crippen MR) is 165 cm³/mol. The lowest BCUT2D eigenvalue weighted by atomic mass is 9.82. The van der Waals surface area contributed by atoms with Crippen LogP contribution in [0.25, 0.3) is 0 Å². The molecule has 1 amide bonds. The van der Waals surface area contributed by atoms with Crippen molar-refractivity contribution < 1.29 is 29.3 Å². The molecular formula is C33H42BrNO6. The second-order valence-corrected chi connectivity index (χ2v) is 12.1. The molecule has 1 aromatic rings. The third kappa shape index (κ3) is 11.6. The van der Waals surface area contributed by atoms with Crippen LogP contribution in [0.4, 0.5) is 4.79 Å². The standard InChI is InChI=1S/C33H42BrNO6/c1-22-12-10-16-29(37)41-28(24(3)18-17-23(2)21-25(20-22)40-32(35)39)15-8-6-7-9-19-33(4,5)31(38)26-13-11-14-27(36)30(26)34/h8-11,13-19,22-25,28,31,36,38H,12,20-21H2,1-5H3,(H2,35,39)/b15-8+,16-10-,18-17+,19-9+/t22-,23+,24+,25-,28-,31+/m1/s1. The summed E-state index contributed by atoms with van der Waals surface area (Å²) < 4.78 is 11.5. The molecule has 1 aliphatic rings. The molecule has 1 aliphatic heterocycles. The van der Waals surface area contributed by atoms with Gasteiger partial charge in [0.05, 0.1) is 10.6 Å². The zero-order chi connectivity index (χ0) is 30.6. The van der Waals surface area contributed by atoms with Crippen molar-refractivity contribution in [2.45, 2.75) is 72.2 Å². The molecule has 0 aromatic heterocycles. The number of hydrogen-bond acceptors (Lipinski definition) is 6. The quantitative estimate of drug-likeness (QED) is 0.185. The molecule has 0 saturated carbocycles. The first-order valence-electron chi connectivity index (χ1n) is 13.8. The number of nitrogens with two attached hydrogens (primary N) is 1. The van der Waals surface area contributed by atoms with Crippen LogP contribution < -0.4 is 5.73 Å². The Kier molecular flexibility index (Phi) is 13.4. The van der Waals surface area contributed by atoms with E-state index in [1.807, 2.05) is 52.8 Å². The molecule has 1 aromatic carbocycles. The van der Waals surface area contributed by atoms with Crippen LogP contribution in [-0.2, 0) is 14.3 Å². The molecule has 0 saturated heterocycles. The molecule has 0 fully saturated rings. The Morgan fingerprint density at radius 2 is 1.90 bits per heavy atom. The molecule has 0 radical (unpaired) electrons. The van der Waals surface area contributed by atoms with E-state index in [0.29, 0.717) is 29.3 Å². The van der Waals surface area contributed by atoms with Crippen LogP contribution in [-0.4, -0.2) is 34.5 Å². The number of esters is 1. The Morgan fingerprint density at radius 1 is 1.20 bits per heavy atom. The van der Waals surface area contributed by atoms with Crippen molar-refractivity contribution in [3.8, 4) is 17.6 Å². The summed E-state index contributed by atoms with van der Waals surface area (Å²) >= 11 is 3.34. The van der Waals surface area contributed by atoms with E-state index >= 15 is 0 Å². The Bertz CT molecular complexity index is 1220. The van der Waals surface area contributed by atoms with Crippen LogP contribution in [0, 0.1) is 35.0 Å². The maximum atomic E-state index is 12.5. The first-order valence-corrected chi connectivity index (χ1v) is 14.6. The predicted octanol–water partition coefficient (Wildman–Crippen LogP) is 6.91. The minimum absolute atomic E-state index is 0.0645. The van der Waals surface area contributed by atoms with Gasteiger partial charge in [-0.05, 0) is 76.9 Å². The second kappa shape index (κ2) is 16.2. The summed E-state index contributed by atoms with van der Waals surface area (Å²) in [6.45, 7) is 9.79. The molecule has 2 rings (SSSR count). The molecule has 41 heavy (non-hydrogen) atoms. The Hall–Kier alpha value is -3.28. The number of rotatable bonds is 5. The average Bonchev–Trinajstić information content (AvgIpc) is 2.88. The summed E-state index contributed by atoms with van der Waals surface area (Å²) in [4.78, 5) is 23.9. The van der Waals surface area contributed by atoms with Gasteiger partial charge >= 0.3 is 12.1 Å². The van der Waals surface area contributed by atoms with Gasteiger partial charge < -0.3 is 25.4 Å². The van der Waals surface area contributed by atoms with Crippen molar-refractivity contribution in [1.29, 1.82) is 0 Å². The Morgan fingerprint density at radius 3 is 2.61 bits per heavy atom. The summed E-state index contributed by atoms with van der Waals surface area (Å²) in [6, 6.07) is 4.99. The third-order valence-corrected chi connectivity index (χ3v) is 7.81. The van der Waals surface area contributed by atoms with Crippen molar-refractivity contribution in [2.24, 2.45) is 28.9 Å². The van der Waals surface area contributed by atoms with Crippen molar-refractivity contribution in [2.75, 3.05) is 0 Å². The van der Waals surface area contributed by atoms with Gasteiger partial charge in [0, 0.05) is 17.4 Å². The van der Waals surface area contributed by atoms with Crippen molar-refractivity contribution in [1.82, 2.24) is 0 Å². The fourth-order valence-corrected chi connectivity index (χ4v) is 4.98. The molecule has 7 nitrogen and oxygen atoms in total. The Labute approximate surface area is 252 Å². The number of amides is 1. The number of allylic oxidation sites excluding steroid dienone is 4. The van der Waals surface area contributed by atoms with Gasteiger partial charge in [-0.15, -0.1) is 0 Å². The van der Waals surface area contributed by atoms with Gasteiger partial charge in [-0.25, -0.2) is 9.59 Å². The monoisotopic (exact) mass is 627 g/mol. The zero-order valence-corrected chi connectivity index (χ0v) is 26.0. The number of cyclic esters (lactones) is 1. The molecule has 8 heteroatoms. The second-order valence-electron chi connectivity index (χ2n) is 11.3. The number of halogens is 1. The van der Waals surface area contributed by atoms with E-state index in [-0.39, 0.29) is 29.6 Å². The molecule has 222 valence electrons. The molecule has 0 bridgehead atoms. The van der Waals surface area contributed by atoms with Crippen LogP contribution in [0.5, 0.6) is 5.75 Å². The molecule has 6 atom stereocenters. The van der Waals surface area contributed by atoms with E-state index in [4.69, 9.17) is 15.2 Å². The van der Waals surface area contributed by atoms with Crippen LogP contribution in [0.1, 0.15) is 65.5 Å². The molecule has 0 aliphatic carbocycles. The van der Waals surface area contributed by atoms with E-state index in [0.717, 1.165) is 0 Å². The third-order valence-electron chi connectivity index (χ3n) is 6.95. The first kappa shape index (κ1) is 33.9. The van der Waals surface area contributed by atoms with Crippen LogP contribution in [0.2, 0.25) is 0 Å². The number of benzene rings is 1. The highest BCUT2D eigenvalue weighted by molar-refractivity contribution is 9.10. The minimum atomic E-state index is -0.870. The molecule has 0 spiro atoms. The van der Waals surface area contributed by atoms with Crippen LogP contribution >= 0.6 is 15.9 Å². The van der Waals surface area contributed by atoms with Crippen LogP contribution in [0.15, 0.2) is 71.3 Å². The molecule has 1 heterocycles. The normalized spacial score (nSPS) is 26.8. The number of carbonyl (C=O) groups is 2. The zero-order valence-electron chi connectivity index (χ0n) is 24.4. The fraction of sp³-hybridized carbons (Fsp3) is 0.455. The number of carbonyl (C=O) groups excluding carboxylic acids is 2. The topological polar surface area (TPSA) is 119 Å². The lowest BCUT2D eigenvalue weighted by Crippen LogP contribution is -2.26. The Balaban J connectivity index is 2.15. The van der Waals surface area contributed by atoms with Gasteiger partial charge in [-0.1, -0.05) is 82.9 Å². The number of phenols is 1. The lowest BCUT2D eigenvalue weighted by molar-refractivity contribution is -0.142. The van der Waals surface area contributed by atoms with Gasteiger partial charge in [0.1, 0.15) is 18.0 Å². The maximum Gasteiger partial charge on any atom is 0.404 e. The highest BCUT2D eigenvalue weighted by Crippen LogP contribution is 2.40. The summed E-state index contributed by atoms with van der Waals surface area (Å²) in [5.41, 5.74) is 5.21. The summed E-state index contributed by atoms with van der Waals surface area (Å²) in [5, 5.41) is 20.8. The lowest BCUT2D eigenvalue weighted by Gasteiger charge is -2.28. The number of primary amides is 1. The van der Waals surface area contributed by atoms with E-state index in [1.54, 1.807) is 42.5 Å². The molecular weight excluding hydrogens is 586 g/mol. The van der Waals surface area contributed by atoms with E-state index in [1.165, 1.54) is 6.08 Å². The summed E-state index contributed by atoms with van der Waals surface area (Å²) in [7, 11) is 0. The maximum absolute atomic E-state index is 12.5. The summed E-state index contributed by atoms with van der Waals surface area (Å²) in [5.74, 6) is 5.69. The highest BCUT2D eigenvalue weighted by Gasteiger charge is 2.28. The van der Waals surface area contributed by atoms with Gasteiger partial charge in [0.2, 0.25) is 0 Å². The summed E-state index contributed by atoms with van der Waals surface area (Å²) in [6.07, 6.45) is 13.6. The molecule has 4 N–H and O–H groups in total. The number of aliphatic hydroxyl groups is 1. The van der Waals surface area contributed by atoms with E-state index < -0.39 is 29.7 Å². The molecule has 0 unspecified atom stereocenters. The van der Waals surface area contributed by atoms with Crippen molar-refractivity contribution in [3.63, 3.8) is 0 Å². The number of ether oxygens (including phenoxy) is 2. The van der Waals surface area contributed by atoms with E-state index in [9.17, 15) is 19.8 Å².